The predicted octanol–water partition coefficient (Wildman–Crippen LogP) is 3.09. The second-order valence-corrected chi connectivity index (χ2v) is 16.6. The third-order valence-electron chi connectivity index (χ3n) is 2.90. The Hall–Kier alpha value is -0.346. The van der Waals surface area contributed by atoms with Crippen molar-refractivity contribution in [2.75, 3.05) is 0 Å². The maximum atomic E-state index is 2.43. The number of hydrogen-bond donors (Lipinski definition) is 0. The molecule has 84 valence electrons. The normalized spacial score (nSPS) is 13.0. The molecule has 0 bridgehead atoms. The molecule has 1 aromatic carbocycles. The minimum absolute atomic E-state index is 1.13. The zero-order valence-electron chi connectivity index (χ0n) is 11.2. The minimum Gasteiger partial charge on any atom is -0.0656 e. The summed E-state index contributed by atoms with van der Waals surface area (Å²) in [5.74, 6) is 0. The molecule has 0 saturated heterocycles. The molecule has 0 fully saturated rings. The fraction of sp³-hybridized carbons (Fsp3) is 0.538. The highest BCUT2D eigenvalue weighted by atomic mass is 28.3. The summed E-state index contributed by atoms with van der Waals surface area (Å²) in [6, 6.07) is 7.18. The van der Waals surface area contributed by atoms with Crippen LogP contribution >= 0.6 is 0 Å². The summed E-state index contributed by atoms with van der Waals surface area (Å²) >= 11 is 0. The molecule has 0 unspecified atom stereocenters. The van der Waals surface area contributed by atoms with Gasteiger partial charge in [0, 0.05) is 0 Å². The Bertz CT molecular complexity index is 354. The summed E-state index contributed by atoms with van der Waals surface area (Å²) in [7, 11) is -2.28. The van der Waals surface area contributed by atoms with E-state index in [4.69, 9.17) is 0 Å². The molecule has 0 aliphatic heterocycles. The van der Waals surface area contributed by atoms with Crippen molar-refractivity contribution in [3.63, 3.8) is 0 Å². The van der Waals surface area contributed by atoms with Crippen LogP contribution in [0.1, 0.15) is 5.56 Å². The van der Waals surface area contributed by atoms with E-state index in [1.165, 1.54) is 5.56 Å². The highest BCUT2D eigenvalue weighted by Crippen LogP contribution is 2.08. The first-order valence-corrected chi connectivity index (χ1v) is 12.7. The molecule has 0 spiro atoms. The third-order valence-corrected chi connectivity index (χ3v) is 7.12. The molecule has 1 rings (SSSR count). The first kappa shape index (κ1) is 12.7. The highest BCUT2D eigenvalue weighted by Gasteiger charge is 2.21. The van der Waals surface area contributed by atoms with Crippen molar-refractivity contribution in [3.8, 4) is 0 Å². The summed E-state index contributed by atoms with van der Waals surface area (Å²) in [5.41, 5.74) is 1.51. The number of hydrogen-bond acceptors (Lipinski definition) is 0. The van der Waals surface area contributed by atoms with E-state index in [0.717, 1.165) is 0 Å². The summed E-state index contributed by atoms with van der Waals surface area (Å²) < 4.78 is 0. The van der Waals surface area contributed by atoms with Gasteiger partial charge in [-0.3, -0.25) is 0 Å². The van der Waals surface area contributed by atoms with E-state index in [-0.39, 0.29) is 0 Å². The molecule has 0 radical (unpaired) electrons. The Kier molecular flexibility index (Phi) is 3.31. The maximum Gasteiger partial charge on any atom is 0.0779 e. The van der Waals surface area contributed by atoms with E-state index in [0.29, 0.717) is 0 Å². The Balaban J connectivity index is 3.21. The molecule has 0 aliphatic rings. The van der Waals surface area contributed by atoms with Crippen molar-refractivity contribution in [1.82, 2.24) is 0 Å². The topological polar surface area (TPSA) is 0 Å². The average Bonchev–Trinajstić information content (AvgIpc) is 1.99. The van der Waals surface area contributed by atoms with Gasteiger partial charge in [-0.2, -0.15) is 0 Å². The second kappa shape index (κ2) is 3.91. The first-order valence-electron chi connectivity index (χ1n) is 5.74. The molecule has 15 heavy (non-hydrogen) atoms. The lowest BCUT2D eigenvalue weighted by atomic mass is 10.2. The molecule has 2 heteroatoms. The van der Waals surface area contributed by atoms with E-state index in [1.807, 2.05) is 0 Å². The van der Waals surface area contributed by atoms with Crippen molar-refractivity contribution < 1.29 is 0 Å². The number of benzene rings is 1. The van der Waals surface area contributed by atoms with Gasteiger partial charge in [0.1, 0.15) is 0 Å². The number of aryl methyl sites for hydroxylation is 1. The highest BCUT2D eigenvalue weighted by molar-refractivity contribution is 6.90. The van der Waals surface area contributed by atoms with Crippen molar-refractivity contribution in [1.29, 1.82) is 0 Å². The summed E-state index contributed by atoms with van der Waals surface area (Å²) in [6.45, 7) is 16.8. The second-order valence-electron chi connectivity index (χ2n) is 6.53. The van der Waals surface area contributed by atoms with Gasteiger partial charge in [-0.15, -0.1) is 0 Å². The van der Waals surface area contributed by atoms with Crippen LogP contribution < -0.4 is 10.4 Å². The van der Waals surface area contributed by atoms with Crippen molar-refractivity contribution in [2.24, 2.45) is 0 Å². The number of rotatable bonds is 2. The lowest BCUT2D eigenvalue weighted by molar-refractivity contribution is 1.50. The van der Waals surface area contributed by atoms with Crippen LogP contribution in [0, 0.1) is 6.92 Å². The SMILES string of the molecule is Cc1cc([Si](C)(C)C)ccc1[Si](C)(C)C. The van der Waals surface area contributed by atoms with Crippen LogP contribution in [0.25, 0.3) is 0 Å². The van der Waals surface area contributed by atoms with Crippen LogP contribution in [0.15, 0.2) is 18.2 Å². The van der Waals surface area contributed by atoms with E-state index < -0.39 is 16.1 Å². The van der Waals surface area contributed by atoms with Crippen LogP contribution in [-0.2, 0) is 0 Å². The Labute approximate surface area is 96.7 Å². The van der Waals surface area contributed by atoms with Gasteiger partial charge >= 0.3 is 0 Å². The average molecular weight is 237 g/mol. The zero-order chi connectivity index (χ0) is 11.9. The summed E-state index contributed by atoms with van der Waals surface area (Å²) in [6.07, 6.45) is 0. The van der Waals surface area contributed by atoms with Crippen LogP contribution in [0.5, 0.6) is 0 Å². The van der Waals surface area contributed by atoms with Gasteiger partial charge in [0.15, 0.2) is 0 Å². The zero-order valence-corrected chi connectivity index (χ0v) is 13.2. The molecular weight excluding hydrogens is 212 g/mol. The van der Waals surface area contributed by atoms with Crippen molar-refractivity contribution in [2.45, 2.75) is 46.2 Å². The molecule has 0 nitrogen and oxygen atoms in total. The predicted molar refractivity (Wildman–Crippen MR) is 77.1 cm³/mol. The Morgan fingerprint density at radius 1 is 0.800 bits per heavy atom. The van der Waals surface area contributed by atoms with Gasteiger partial charge in [-0.25, -0.2) is 0 Å². The molecule has 0 aliphatic carbocycles. The first-order chi connectivity index (χ1) is 6.62. The smallest absolute Gasteiger partial charge is 0.0656 e. The van der Waals surface area contributed by atoms with E-state index in [9.17, 15) is 0 Å². The molecule has 1 aromatic rings. The molecule has 0 heterocycles. The van der Waals surface area contributed by atoms with Crippen LogP contribution in [0.3, 0.4) is 0 Å². The Morgan fingerprint density at radius 2 is 1.33 bits per heavy atom. The quantitative estimate of drug-likeness (QED) is 0.692. The summed E-state index contributed by atoms with van der Waals surface area (Å²) in [4.78, 5) is 0. The minimum atomic E-state index is -1.14. The lowest BCUT2D eigenvalue weighted by Gasteiger charge is -2.23. The molecule has 0 atom stereocenters. The van der Waals surface area contributed by atoms with Crippen molar-refractivity contribution >= 4 is 26.5 Å². The fourth-order valence-corrected chi connectivity index (χ4v) is 5.04. The Morgan fingerprint density at radius 3 is 1.67 bits per heavy atom. The van der Waals surface area contributed by atoms with Crippen LogP contribution in [0.4, 0.5) is 0 Å². The monoisotopic (exact) mass is 236 g/mol. The van der Waals surface area contributed by atoms with E-state index in [1.54, 1.807) is 10.4 Å². The molecule has 0 aromatic heterocycles. The van der Waals surface area contributed by atoms with Gasteiger partial charge < -0.3 is 0 Å². The molecular formula is C13H24Si2. The van der Waals surface area contributed by atoms with Gasteiger partial charge in [-0.1, -0.05) is 73.4 Å². The standard InChI is InChI=1S/C13H24Si2/c1-11-10-12(14(2,3)4)8-9-13(11)15(5,6)7/h8-10H,1-7H3. The molecule has 0 N–H and O–H groups in total. The maximum absolute atomic E-state index is 2.43. The van der Waals surface area contributed by atoms with Gasteiger partial charge in [0.05, 0.1) is 16.1 Å². The van der Waals surface area contributed by atoms with Gasteiger partial charge in [0.2, 0.25) is 0 Å². The van der Waals surface area contributed by atoms with Crippen LogP contribution in [0.2, 0.25) is 39.3 Å². The van der Waals surface area contributed by atoms with E-state index in [2.05, 4.69) is 64.4 Å². The molecule has 0 amide bonds. The van der Waals surface area contributed by atoms with Gasteiger partial charge in [0.25, 0.3) is 0 Å². The van der Waals surface area contributed by atoms with Gasteiger partial charge in [-0.05, 0) is 6.92 Å². The fourth-order valence-electron chi connectivity index (χ4n) is 1.97. The van der Waals surface area contributed by atoms with Crippen LogP contribution in [-0.4, -0.2) is 16.1 Å². The third kappa shape index (κ3) is 3.05. The van der Waals surface area contributed by atoms with Crippen molar-refractivity contribution in [3.05, 3.63) is 23.8 Å². The largest absolute Gasteiger partial charge is 0.0779 e. The summed E-state index contributed by atoms with van der Waals surface area (Å²) in [5, 5.41) is 3.20. The lowest BCUT2D eigenvalue weighted by Crippen LogP contribution is -2.43. The molecule has 0 saturated carbocycles. The van der Waals surface area contributed by atoms with E-state index >= 15 is 0 Å².